The second kappa shape index (κ2) is 7.25. The molecule has 0 saturated carbocycles. The van der Waals surface area contributed by atoms with E-state index in [4.69, 9.17) is 4.74 Å². The average Bonchev–Trinajstić information content (AvgIpc) is 2.89. The topological polar surface area (TPSA) is 66.8 Å². The van der Waals surface area contributed by atoms with Gasteiger partial charge in [-0.3, -0.25) is 4.90 Å². The van der Waals surface area contributed by atoms with Gasteiger partial charge in [-0.15, -0.1) is 0 Å². The summed E-state index contributed by atoms with van der Waals surface area (Å²) in [5, 5.41) is 9.98. The van der Waals surface area contributed by atoms with Gasteiger partial charge in [0.1, 0.15) is 6.61 Å². The van der Waals surface area contributed by atoms with Crippen molar-refractivity contribution in [3.05, 3.63) is 35.9 Å². The van der Waals surface area contributed by atoms with Crippen molar-refractivity contribution in [1.82, 2.24) is 4.90 Å². The van der Waals surface area contributed by atoms with Crippen molar-refractivity contribution in [3.8, 4) is 0 Å². The number of nitrogens with zero attached hydrogens (tertiary/aromatic N) is 1. The fourth-order valence-electron chi connectivity index (χ4n) is 2.96. The standard InChI is InChI=1S/C17H23NO4S/c1-12(2)18(17(15(19)20)9-13(3)23-11-17)16(21)22-10-14-7-5-4-6-8-14/h4-8,12-13H,9-11H2,1-3H3,(H,19,20). The van der Waals surface area contributed by atoms with Gasteiger partial charge < -0.3 is 9.84 Å². The quantitative estimate of drug-likeness (QED) is 0.892. The molecule has 0 bridgehead atoms. The van der Waals surface area contributed by atoms with Crippen LogP contribution in [0.3, 0.4) is 0 Å². The molecule has 0 aromatic heterocycles. The Morgan fingerprint density at radius 3 is 2.52 bits per heavy atom. The average molecular weight is 337 g/mol. The van der Waals surface area contributed by atoms with Crippen LogP contribution in [0.5, 0.6) is 0 Å². The Kier molecular flexibility index (Phi) is 5.57. The van der Waals surface area contributed by atoms with Gasteiger partial charge in [0.05, 0.1) is 0 Å². The molecule has 0 spiro atoms. The van der Waals surface area contributed by atoms with Crippen LogP contribution >= 0.6 is 11.8 Å². The van der Waals surface area contributed by atoms with E-state index in [1.807, 2.05) is 51.1 Å². The van der Waals surface area contributed by atoms with Crippen LogP contribution in [-0.2, 0) is 16.1 Å². The van der Waals surface area contributed by atoms with Crippen molar-refractivity contribution in [2.24, 2.45) is 0 Å². The Morgan fingerprint density at radius 1 is 1.39 bits per heavy atom. The minimum atomic E-state index is -1.19. The van der Waals surface area contributed by atoms with Crippen molar-refractivity contribution in [2.75, 3.05) is 5.75 Å². The minimum Gasteiger partial charge on any atom is -0.479 e. The summed E-state index contributed by atoms with van der Waals surface area (Å²) in [6.07, 6.45) is -0.132. The number of ether oxygens (including phenoxy) is 1. The van der Waals surface area contributed by atoms with Crippen molar-refractivity contribution >= 4 is 23.8 Å². The van der Waals surface area contributed by atoms with E-state index < -0.39 is 17.6 Å². The molecule has 1 saturated heterocycles. The van der Waals surface area contributed by atoms with E-state index in [0.29, 0.717) is 12.2 Å². The van der Waals surface area contributed by atoms with E-state index in [9.17, 15) is 14.7 Å². The molecule has 0 aliphatic carbocycles. The first kappa shape index (κ1) is 17.7. The number of carbonyl (C=O) groups is 2. The van der Waals surface area contributed by atoms with Crippen LogP contribution < -0.4 is 0 Å². The van der Waals surface area contributed by atoms with E-state index >= 15 is 0 Å². The molecule has 6 heteroatoms. The molecule has 1 fully saturated rings. The lowest BCUT2D eigenvalue weighted by atomic mass is 9.93. The van der Waals surface area contributed by atoms with E-state index in [1.165, 1.54) is 4.90 Å². The van der Waals surface area contributed by atoms with Crippen LogP contribution in [0.4, 0.5) is 4.79 Å². The van der Waals surface area contributed by atoms with Crippen LogP contribution in [0.1, 0.15) is 32.8 Å². The molecular weight excluding hydrogens is 314 g/mol. The molecule has 5 nitrogen and oxygen atoms in total. The number of benzene rings is 1. The molecule has 23 heavy (non-hydrogen) atoms. The highest BCUT2D eigenvalue weighted by molar-refractivity contribution is 8.00. The number of rotatable bonds is 5. The van der Waals surface area contributed by atoms with Crippen molar-refractivity contribution in [2.45, 2.75) is 50.6 Å². The van der Waals surface area contributed by atoms with Crippen LogP contribution in [-0.4, -0.2) is 44.7 Å². The zero-order valence-electron chi connectivity index (χ0n) is 13.7. The third kappa shape index (κ3) is 3.80. The molecule has 2 rings (SSSR count). The molecule has 1 aliphatic heterocycles. The van der Waals surface area contributed by atoms with Gasteiger partial charge in [-0.2, -0.15) is 11.8 Å². The third-order valence-electron chi connectivity index (χ3n) is 4.01. The monoisotopic (exact) mass is 337 g/mol. The molecule has 2 unspecified atom stereocenters. The maximum absolute atomic E-state index is 12.6. The summed E-state index contributed by atoms with van der Waals surface area (Å²) >= 11 is 1.58. The predicted octanol–water partition coefficient (Wildman–Crippen LogP) is 3.38. The van der Waals surface area contributed by atoms with Crippen molar-refractivity contribution in [3.63, 3.8) is 0 Å². The number of hydrogen-bond acceptors (Lipinski definition) is 4. The summed E-state index contributed by atoms with van der Waals surface area (Å²) in [5.74, 6) is -0.568. The smallest absolute Gasteiger partial charge is 0.411 e. The van der Waals surface area contributed by atoms with E-state index in [-0.39, 0.29) is 17.9 Å². The van der Waals surface area contributed by atoms with Gasteiger partial charge in [0.2, 0.25) is 0 Å². The minimum absolute atomic E-state index is 0.140. The van der Waals surface area contributed by atoms with Gasteiger partial charge >= 0.3 is 12.1 Å². The summed E-state index contributed by atoms with van der Waals surface area (Å²) in [7, 11) is 0. The highest BCUT2D eigenvalue weighted by Gasteiger charge is 2.53. The highest BCUT2D eigenvalue weighted by Crippen LogP contribution is 2.40. The van der Waals surface area contributed by atoms with Gasteiger partial charge in [0, 0.05) is 17.0 Å². The molecule has 1 aromatic carbocycles. The Morgan fingerprint density at radius 2 is 2.04 bits per heavy atom. The molecule has 1 aliphatic rings. The van der Waals surface area contributed by atoms with Gasteiger partial charge in [0.15, 0.2) is 5.54 Å². The molecule has 1 heterocycles. The maximum atomic E-state index is 12.6. The molecule has 1 aromatic rings. The number of hydrogen-bond donors (Lipinski definition) is 1. The Balaban J connectivity index is 2.16. The Hall–Kier alpha value is -1.69. The number of aliphatic carboxylic acids is 1. The van der Waals surface area contributed by atoms with Crippen LogP contribution in [0.15, 0.2) is 30.3 Å². The predicted molar refractivity (Wildman–Crippen MR) is 90.5 cm³/mol. The first-order valence-electron chi connectivity index (χ1n) is 7.72. The largest absolute Gasteiger partial charge is 0.479 e. The summed E-state index contributed by atoms with van der Waals surface area (Å²) in [4.78, 5) is 25.9. The maximum Gasteiger partial charge on any atom is 0.411 e. The molecule has 1 amide bonds. The van der Waals surface area contributed by atoms with Gasteiger partial charge in [-0.05, 0) is 25.8 Å². The van der Waals surface area contributed by atoms with Crippen molar-refractivity contribution < 1.29 is 19.4 Å². The number of carboxylic acid groups (broad SMARTS) is 1. The van der Waals surface area contributed by atoms with Gasteiger partial charge in [-0.25, -0.2) is 9.59 Å². The van der Waals surface area contributed by atoms with E-state index in [0.717, 1.165) is 5.56 Å². The second-order valence-corrected chi connectivity index (χ2v) is 7.59. The second-order valence-electron chi connectivity index (χ2n) is 6.17. The summed E-state index contributed by atoms with van der Waals surface area (Å²) in [6, 6.07) is 9.12. The lowest BCUT2D eigenvalue weighted by molar-refractivity contribution is -0.150. The SMILES string of the molecule is CC1CC(C(=O)O)(N(C(=O)OCc2ccccc2)C(C)C)CS1. The fraction of sp³-hybridized carbons (Fsp3) is 0.529. The molecule has 2 atom stereocenters. The normalized spacial score (nSPS) is 23.7. The number of carbonyl (C=O) groups excluding carboxylic acids is 1. The molecular formula is C17H23NO4S. The zero-order valence-corrected chi connectivity index (χ0v) is 14.5. The number of amides is 1. The lowest BCUT2D eigenvalue weighted by Gasteiger charge is -2.39. The fourth-order valence-corrected chi connectivity index (χ4v) is 4.30. The van der Waals surface area contributed by atoms with Crippen LogP contribution in [0, 0.1) is 0 Å². The summed E-state index contributed by atoms with van der Waals surface area (Å²) in [5.41, 5.74) is -0.311. The Labute approximate surface area is 141 Å². The Bertz CT molecular complexity index is 563. The van der Waals surface area contributed by atoms with Crippen molar-refractivity contribution in [1.29, 1.82) is 0 Å². The summed E-state index contributed by atoms with van der Waals surface area (Å²) in [6.45, 7) is 5.77. The molecule has 126 valence electrons. The van der Waals surface area contributed by atoms with Gasteiger partial charge in [0.25, 0.3) is 0 Å². The van der Waals surface area contributed by atoms with Crippen LogP contribution in [0.2, 0.25) is 0 Å². The third-order valence-corrected chi connectivity index (χ3v) is 5.39. The van der Waals surface area contributed by atoms with Crippen LogP contribution in [0.25, 0.3) is 0 Å². The molecule has 1 N–H and O–H groups in total. The van der Waals surface area contributed by atoms with E-state index in [1.54, 1.807) is 11.8 Å². The van der Waals surface area contributed by atoms with E-state index in [2.05, 4.69) is 0 Å². The lowest BCUT2D eigenvalue weighted by Crippen LogP contribution is -2.60. The summed E-state index contributed by atoms with van der Waals surface area (Å²) < 4.78 is 5.39. The first-order chi connectivity index (χ1) is 10.9. The first-order valence-corrected chi connectivity index (χ1v) is 8.76. The highest BCUT2D eigenvalue weighted by atomic mass is 32.2. The zero-order chi connectivity index (χ0) is 17.0. The number of thioether (sulfide) groups is 1. The number of carboxylic acids is 1. The molecule has 0 radical (unpaired) electrons. The van der Waals surface area contributed by atoms with Gasteiger partial charge in [-0.1, -0.05) is 37.3 Å².